The van der Waals surface area contributed by atoms with Crippen molar-refractivity contribution in [3.63, 3.8) is 0 Å². The van der Waals surface area contributed by atoms with Gasteiger partial charge in [-0.1, -0.05) is 0 Å². The molecule has 0 saturated heterocycles. The lowest BCUT2D eigenvalue weighted by Crippen LogP contribution is -2.18. The molecule has 1 N–H and O–H groups in total. The SMILES string of the molecule is CC(C)Nc1nc(N(C)C)nc2c1nnc1c3cc([N+](=O)[O-])ccc3nn21. The minimum atomic E-state index is -0.450. The smallest absolute Gasteiger partial charge is 0.270 e. The number of hydrogen-bond acceptors (Lipinski definition) is 9. The molecule has 4 rings (SSSR count). The van der Waals surface area contributed by atoms with E-state index < -0.39 is 4.92 Å². The van der Waals surface area contributed by atoms with Crippen LogP contribution in [0.5, 0.6) is 0 Å². The van der Waals surface area contributed by atoms with E-state index in [0.29, 0.717) is 39.5 Å². The molecule has 0 spiro atoms. The maximum atomic E-state index is 11.1. The summed E-state index contributed by atoms with van der Waals surface area (Å²) in [7, 11) is 3.68. The summed E-state index contributed by atoms with van der Waals surface area (Å²) in [5, 5.41) is 27.9. The van der Waals surface area contributed by atoms with Crippen molar-refractivity contribution in [2.24, 2.45) is 0 Å². The lowest BCUT2D eigenvalue weighted by atomic mass is 10.2. The van der Waals surface area contributed by atoms with Crippen LogP contribution in [0.2, 0.25) is 0 Å². The van der Waals surface area contributed by atoms with Crippen LogP contribution in [0.1, 0.15) is 13.8 Å². The van der Waals surface area contributed by atoms with Gasteiger partial charge in [-0.25, -0.2) is 0 Å². The summed E-state index contributed by atoms with van der Waals surface area (Å²) in [5.74, 6) is 1.05. The monoisotopic (exact) mass is 367 g/mol. The van der Waals surface area contributed by atoms with Crippen LogP contribution in [-0.4, -0.2) is 54.8 Å². The van der Waals surface area contributed by atoms with Gasteiger partial charge in [-0.2, -0.15) is 19.6 Å². The van der Waals surface area contributed by atoms with Gasteiger partial charge in [-0.15, -0.1) is 10.2 Å². The molecule has 11 heteroatoms. The van der Waals surface area contributed by atoms with Gasteiger partial charge in [0.15, 0.2) is 22.6 Å². The van der Waals surface area contributed by atoms with E-state index in [1.54, 1.807) is 15.5 Å². The molecule has 0 aliphatic rings. The number of hydrogen-bond donors (Lipinski definition) is 1. The molecule has 0 aliphatic carbocycles. The molecule has 3 aromatic heterocycles. The molecular weight excluding hydrogens is 350 g/mol. The first-order chi connectivity index (χ1) is 12.8. The molecule has 1 aromatic carbocycles. The van der Waals surface area contributed by atoms with Crippen molar-refractivity contribution >= 4 is 45.2 Å². The number of nitrogens with zero attached hydrogens (tertiary/aromatic N) is 8. The van der Waals surface area contributed by atoms with Crippen molar-refractivity contribution < 1.29 is 4.92 Å². The number of non-ortho nitro benzene ring substituents is 1. The highest BCUT2D eigenvalue weighted by atomic mass is 16.6. The van der Waals surface area contributed by atoms with E-state index in [1.807, 2.05) is 27.9 Å². The third-order valence-electron chi connectivity index (χ3n) is 3.96. The Morgan fingerprint density at radius 1 is 1.19 bits per heavy atom. The van der Waals surface area contributed by atoms with E-state index in [1.165, 1.54) is 12.1 Å². The predicted octanol–water partition coefficient (Wildman–Crippen LogP) is 2.02. The van der Waals surface area contributed by atoms with Gasteiger partial charge in [0.25, 0.3) is 5.69 Å². The predicted molar refractivity (Wildman–Crippen MR) is 101 cm³/mol. The van der Waals surface area contributed by atoms with Crippen LogP contribution < -0.4 is 10.2 Å². The second-order valence-corrected chi connectivity index (χ2v) is 6.63. The number of nitro benzene ring substituents is 1. The Labute approximate surface area is 153 Å². The fourth-order valence-corrected chi connectivity index (χ4v) is 2.76. The third kappa shape index (κ3) is 2.72. The van der Waals surface area contributed by atoms with Gasteiger partial charge in [0.05, 0.1) is 15.8 Å². The standard InChI is InChI=1S/C16H17N9O2/c1-8(2)17-13-12-15(19-16(18-13)23(3)4)24-14(21-20-12)10-7-9(25(26)27)5-6-11(10)22-24/h5-8H,1-4H3,(H,17,18,19). The first kappa shape index (κ1) is 16.8. The number of anilines is 2. The topological polar surface area (TPSA) is 127 Å². The highest BCUT2D eigenvalue weighted by molar-refractivity contribution is 5.96. The zero-order valence-electron chi connectivity index (χ0n) is 15.2. The van der Waals surface area contributed by atoms with Crippen molar-refractivity contribution in [3.05, 3.63) is 28.3 Å². The molecule has 0 radical (unpaired) electrons. The Kier molecular flexibility index (Phi) is 3.72. The van der Waals surface area contributed by atoms with E-state index in [4.69, 9.17) is 0 Å². The van der Waals surface area contributed by atoms with Crippen molar-refractivity contribution in [2.75, 3.05) is 24.3 Å². The van der Waals surface area contributed by atoms with Crippen LogP contribution in [0.15, 0.2) is 18.2 Å². The Balaban J connectivity index is 2.08. The number of nitrogens with one attached hydrogen (secondary N) is 1. The van der Waals surface area contributed by atoms with Gasteiger partial charge < -0.3 is 10.2 Å². The molecule has 11 nitrogen and oxygen atoms in total. The normalized spacial score (nSPS) is 11.6. The van der Waals surface area contributed by atoms with Gasteiger partial charge >= 0.3 is 0 Å². The van der Waals surface area contributed by atoms with Gasteiger partial charge in [0, 0.05) is 32.3 Å². The van der Waals surface area contributed by atoms with Crippen molar-refractivity contribution in [3.8, 4) is 0 Å². The molecular formula is C16H17N9O2. The maximum Gasteiger partial charge on any atom is 0.270 e. The van der Waals surface area contributed by atoms with Crippen LogP contribution >= 0.6 is 0 Å². The molecule has 0 unspecified atom stereocenters. The van der Waals surface area contributed by atoms with E-state index >= 15 is 0 Å². The fourth-order valence-electron chi connectivity index (χ4n) is 2.76. The van der Waals surface area contributed by atoms with E-state index in [-0.39, 0.29) is 11.7 Å². The highest BCUT2D eigenvalue weighted by Crippen LogP contribution is 2.27. The molecule has 0 amide bonds. The number of nitro groups is 1. The lowest BCUT2D eigenvalue weighted by Gasteiger charge is -2.15. The largest absolute Gasteiger partial charge is 0.366 e. The van der Waals surface area contributed by atoms with Crippen LogP contribution in [0.25, 0.3) is 27.7 Å². The molecule has 0 bridgehead atoms. The Morgan fingerprint density at radius 2 is 1.96 bits per heavy atom. The van der Waals surface area contributed by atoms with Gasteiger partial charge in [0.1, 0.15) is 0 Å². The maximum absolute atomic E-state index is 11.1. The zero-order chi connectivity index (χ0) is 19.3. The molecule has 27 heavy (non-hydrogen) atoms. The summed E-state index contributed by atoms with van der Waals surface area (Å²) in [6.07, 6.45) is 0. The lowest BCUT2D eigenvalue weighted by molar-refractivity contribution is -0.384. The zero-order valence-corrected chi connectivity index (χ0v) is 15.2. The third-order valence-corrected chi connectivity index (χ3v) is 3.96. The minimum Gasteiger partial charge on any atom is -0.366 e. The molecule has 0 aliphatic heterocycles. The van der Waals surface area contributed by atoms with Gasteiger partial charge in [-0.3, -0.25) is 10.1 Å². The Morgan fingerprint density at radius 3 is 2.63 bits per heavy atom. The number of fused-ring (bicyclic) bond motifs is 5. The highest BCUT2D eigenvalue weighted by Gasteiger charge is 2.19. The molecule has 0 atom stereocenters. The van der Waals surface area contributed by atoms with E-state index in [2.05, 4.69) is 30.6 Å². The summed E-state index contributed by atoms with van der Waals surface area (Å²) >= 11 is 0. The van der Waals surface area contributed by atoms with Crippen LogP contribution in [0.3, 0.4) is 0 Å². The molecule has 0 saturated carbocycles. The molecule has 3 heterocycles. The quantitative estimate of drug-likeness (QED) is 0.425. The summed E-state index contributed by atoms with van der Waals surface area (Å²) in [4.78, 5) is 21.5. The van der Waals surface area contributed by atoms with E-state index in [0.717, 1.165) is 0 Å². The molecule has 138 valence electrons. The fraction of sp³-hybridized carbons (Fsp3) is 0.312. The Bertz CT molecular complexity index is 1200. The van der Waals surface area contributed by atoms with Crippen LogP contribution in [0.4, 0.5) is 17.5 Å². The van der Waals surface area contributed by atoms with Crippen molar-refractivity contribution in [2.45, 2.75) is 19.9 Å². The second-order valence-electron chi connectivity index (χ2n) is 6.63. The Hall–Kier alpha value is -3.63. The van der Waals surface area contributed by atoms with Gasteiger partial charge in [0.2, 0.25) is 5.95 Å². The number of aromatic nitrogens is 6. The molecule has 0 fully saturated rings. The average molecular weight is 367 g/mol. The van der Waals surface area contributed by atoms with Crippen LogP contribution in [-0.2, 0) is 0 Å². The first-order valence-corrected chi connectivity index (χ1v) is 8.30. The molecule has 4 aromatic rings. The van der Waals surface area contributed by atoms with Crippen molar-refractivity contribution in [1.29, 1.82) is 0 Å². The second kappa shape index (κ2) is 5.97. The van der Waals surface area contributed by atoms with Crippen LogP contribution in [0, 0.1) is 10.1 Å². The summed E-state index contributed by atoms with van der Waals surface area (Å²) in [6, 6.07) is 4.58. The number of benzene rings is 1. The average Bonchev–Trinajstić information content (AvgIpc) is 2.99. The minimum absolute atomic E-state index is 0.0295. The summed E-state index contributed by atoms with van der Waals surface area (Å²) in [5.41, 5.74) is 1.90. The summed E-state index contributed by atoms with van der Waals surface area (Å²) in [6.45, 7) is 3.99. The number of rotatable bonds is 4. The van der Waals surface area contributed by atoms with E-state index in [9.17, 15) is 10.1 Å². The first-order valence-electron chi connectivity index (χ1n) is 8.30. The summed E-state index contributed by atoms with van der Waals surface area (Å²) < 4.78 is 1.55. The van der Waals surface area contributed by atoms with Gasteiger partial charge in [-0.05, 0) is 19.9 Å². The van der Waals surface area contributed by atoms with Crippen molar-refractivity contribution in [1.82, 2.24) is 29.8 Å².